The predicted octanol–water partition coefficient (Wildman–Crippen LogP) is 4.28. The van der Waals surface area contributed by atoms with E-state index in [4.69, 9.17) is 12.2 Å². The number of nitrogens with one attached hydrogen (secondary N) is 3. The second-order valence-corrected chi connectivity index (χ2v) is 6.94. The van der Waals surface area contributed by atoms with E-state index in [1.54, 1.807) is 42.5 Å². The maximum absolute atomic E-state index is 12.4. The number of benzene rings is 3. The molecule has 3 aromatic carbocycles. The van der Waals surface area contributed by atoms with Crippen molar-refractivity contribution in [2.24, 2.45) is 0 Å². The molecule has 0 bridgehead atoms. The number of para-hydroxylation sites is 1. The van der Waals surface area contributed by atoms with Gasteiger partial charge in [0.2, 0.25) is 0 Å². The molecule has 0 unspecified atom stereocenters. The molecule has 0 saturated carbocycles. The van der Waals surface area contributed by atoms with Crippen LogP contribution in [0.4, 0.5) is 17.1 Å². The number of nitro benzene ring substituents is 1. The topological polar surface area (TPSA) is 113 Å². The number of anilines is 2. The molecular weight excluding hydrogens is 416 g/mol. The Morgan fingerprint density at radius 2 is 1.58 bits per heavy atom. The third-order valence-corrected chi connectivity index (χ3v) is 4.55. The van der Waals surface area contributed by atoms with E-state index >= 15 is 0 Å². The fourth-order valence-electron chi connectivity index (χ4n) is 2.82. The van der Waals surface area contributed by atoms with Gasteiger partial charge in [-0.1, -0.05) is 30.3 Å². The summed E-state index contributed by atoms with van der Waals surface area (Å²) in [6.07, 6.45) is 0. The summed E-state index contributed by atoms with van der Waals surface area (Å²) >= 11 is 5.15. The van der Waals surface area contributed by atoms with Crippen molar-refractivity contribution in [3.63, 3.8) is 0 Å². The number of nitrogens with zero attached hydrogens (tertiary/aromatic N) is 1. The molecule has 2 amide bonds. The molecular formula is C22H18N4O4S. The first-order valence-corrected chi connectivity index (χ1v) is 9.59. The number of thiocarbonyl (C=S) groups is 1. The fraction of sp³-hybridized carbons (Fsp3) is 0.0455. The standard InChI is InChI=1S/C22H18N4O4S/c1-14-13-16(11-12-18(14)24-20(27)15-7-3-2-4-8-15)23-22(31)25-21(28)17-9-5-6-10-19(17)26(29)30/h2-13H,1H3,(H,24,27)(H2,23,25,28,31). The number of hydrogen-bond acceptors (Lipinski definition) is 5. The van der Waals surface area contributed by atoms with Crippen LogP contribution in [0.5, 0.6) is 0 Å². The van der Waals surface area contributed by atoms with Gasteiger partial charge in [-0.2, -0.15) is 0 Å². The van der Waals surface area contributed by atoms with Gasteiger partial charge in [-0.15, -0.1) is 0 Å². The molecule has 3 N–H and O–H groups in total. The average Bonchev–Trinajstić information content (AvgIpc) is 2.76. The van der Waals surface area contributed by atoms with E-state index in [0.717, 1.165) is 5.56 Å². The summed E-state index contributed by atoms with van der Waals surface area (Å²) in [5.74, 6) is -0.912. The van der Waals surface area contributed by atoms with Gasteiger partial charge >= 0.3 is 0 Å². The van der Waals surface area contributed by atoms with Crippen LogP contribution in [0.15, 0.2) is 72.8 Å². The Bertz CT molecular complexity index is 1170. The average molecular weight is 434 g/mol. The van der Waals surface area contributed by atoms with E-state index in [1.165, 1.54) is 24.3 Å². The number of carbonyl (C=O) groups excluding carboxylic acids is 2. The van der Waals surface area contributed by atoms with Gasteiger partial charge in [0.1, 0.15) is 5.56 Å². The van der Waals surface area contributed by atoms with E-state index in [9.17, 15) is 19.7 Å². The highest BCUT2D eigenvalue weighted by Gasteiger charge is 2.20. The van der Waals surface area contributed by atoms with Crippen LogP contribution in [-0.4, -0.2) is 21.9 Å². The number of nitro groups is 1. The molecule has 0 atom stereocenters. The zero-order valence-corrected chi connectivity index (χ0v) is 17.2. The summed E-state index contributed by atoms with van der Waals surface area (Å²) in [4.78, 5) is 35.1. The van der Waals surface area contributed by atoms with Crippen LogP contribution in [-0.2, 0) is 0 Å². The quantitative estimate of drug-likeness (QED) is 0.314. The van der Waals surface area contributed by atoms with E-state index in [0.29, 0.717) is 16.9 Å². The first-order chi connectivity index (χ1) is 14.8. The van der Waals surface area contributed by atoms with Crippen molar-refractivity contribution in [3.8, 4) is 0 Å². The molecule has 9 heteroatoms. The molecule has 0 aliphatic heterocycles. The van der Waals surface area contributed by atoms with Crippen molar-refractivity contribution < 1.29 is 14.5 Å². The van der Waals surface area contributed by atoms with Gasteiger partial charge in [0, 0.05) is 23.0 Å². The SMILES string of the molecule is Cc1cc(NC(=S)NC(=O)c2ccccc2[N+](=O)[O-])ccc1NC(=O)c1ccccc1. The third-order valence-electron chi connectivity index (χ3n) is 4.34. The molecule has 3 rings (SSSR count). The number of rotatable bonds is 5. The molecule has 156 valence electrons. The zero-order valence-electron chi connectivity index (χ0n) is 16.4. The van der Waals surface area contributed by atoms with E-state index in [2.05, 4.69) is 16.0 Å². The highest BCUT2D eigenvalue weighted by Crippen LogP contribution is 2.21. The lowest BCUT2D eigenvalue weighted by Gasteiger charge is -2.13. The Labute approximate surface area is 183 Å². The second-order valence-electron chi connectivity index (χ2n) is 6.53. The van der Waals surface area contributed by atoms with E-state index in [1.807, 2.05) is 13.0 Å². The summed E-state index contributed by atoms with van der Waals surface area (Å²) in [7, 11) is 0. The number of amides is 2. The summed E-state index contributed by atoms with van der Waals surface area (Å²) < 4.78 is 0. The van der Waals surface area contributed by atoms with Crippen LogP contribution >= 0.6 is 12.2 Å². The van der Waals surface area contributed by atoms with Crippen LogP contribution in [0.2, 0.25) is 0 Å². The molecule has 31 heavy (non-hydrogen) atoms. The summed E-state index contributed by atoms with van der Waals surface area (Å²) in [5.41, 5.74) is 2.14. The number of aryl methyl sites for hydroxylation is 1. The second kappa shape index (κ2) is 9.59. The predicted molar refractivity (Wildman–Crippen MR) is 122 cm³/mol. The van der Waals surface area contributed by atoms with E-state index in [-0.39, 0.29) is 22.3 Å². The highest BCUT2D eigenvalue weighted by molar-refractivity contribution is 7.80. The molecule has 0 radical (unpaired) electrons. The molecule has 3 aromatic rings. The maximum Gasteiger partial charge on any atom is 0.282 e. The van der Waals surface area contributed by atoms with Crippen molar-refractivity contribution in [1.82, 2.24) is 5.32 Å². The van der Waals surface area contributed by atoms with Crippen LogP contribution in [0.1, 0.15) is 26.3 Å². The summed E-state index contributed by atoms with van der Waals surface area (Å²) in [6, 6.07) is 19.6. The Hall–Kier alpha value is -4.11. The number of hydrogen-bond donors (Lipinski definition) is 3. The third kappa shape index (κ3) is 5.49. The molecule has 0 fully saturated rings. The zero-order chi connectivity index (χ0) is 22.4. The molecule has 0 aromatic heterocycles. The maximum atomic E-state index is 12.4. The van der Waals surface area contributed by atoms with Gasteiger partial charge < -0.3 is 10.6 Å². The highest BCUT2D eigenvalue weighted by atomic mass is 32.1. The van der Waals surface area contributed by atoms with Gasteiger partial charge in [-0.25, -0.2) is 0 Å². The number of carbonyl (C=O) groups is 2. The van der Waals surface area contributed by atoms with Gasteiger partial charge in [-0.3, -0.25) is 25.0 Å². The van der Waals surface area contributed by atoms with Crippen molar-refractivity contribution in [3.05, 3.63) is 99.6 Å². The largest absolute Gasteiger partial charge is 0.332 e. The van der Waals surface area contributed by atoms with Crippen molar-refractivity contribution >= 4 is 46.2 Å². The molecule has 0 spiro atoms. The summed E-state index contributed by atoms with van der Waals surface area (Å²) in [5, 5.41) is 19.2. The lowest BCUT2D eigenvalue weighted by atomic mass is 10.1. The fourth-order valence-corrected chi connectivity index (χ4v) is 3.03. The van der Waals surface area contributed by atoms with Crippen LogP contribution in [0.25, 0.3) is 0 Å². The molecule has 0 saturated heterocycles. The van der Waals surface area contributed by atoms with Gasteiger partial charge in [0.05, 0.1) is 4.92 Å². The minimum atomic E-state index is -0.687. The van der Waals surface area contributed by atoms with Crippen LogP contribution in [0.3, 0.4) is 0 Å². The van der Waals surface area contributed by atoms with Crippen molar-refractivity contribution in [2.75, 3.05) is 10.6 Å². The molecule has 0 heterocycles. The Balaban J connectivity index is 1.65. The van der Waals surface area contributed by atoms with Gasteiger partial charge in [0.25, 0.3) is 17.5 Å². The summed E-state index contributed by atoms with van der Waals surface area (Å²) in [6.45, 7) is 1.82. The molecule has 0 aliphatic carbocycles. The smallest absolute Gasteiger partial charge is 0.282 e. The van der Waals surface area contributed by atoms with Gasteiger partial charge in [-0.05, 0) is 61.1 Å². The van der Waals surface area contributed by atoms with Crippen molar-refractivity contribution in [1.29, 1.82) is 0 Å². The van der Waals surface area contributed by atoms with Crippen LogP contribution in [0, 0.1) is 17.0 Å². The van der Waals surface area contributed by atoms with Crippen LogP contribution < -0.4 is 16.0 Å². The lowest BCUT2D eigenvalue weighted by molar-refractivity contribution is -0.385. The Morgan fingerprint density at radius 1 is 0.903 bits per heavy atom. The normalized spacial score (nSPS) is 10.1. The minimum absolute atomic E-state index is 0.0105. The minimum Gasteiger partial charge on any atom is -0.332 e. The lowest BCUT2D eigenvalue weighted by Crippen LogP contribution is -2.34. The Morgan fingerprint density at radius 3 is 2.26 bits per heavy atom. The van der Waals surface area contributed by atoms with E-state index < -0.39 is 10.8 Å². The van der Waals surface area contributed by atoms with Gasteiger partial charge in [0.15, 0.2) is 5.11 Å². The molecule has 0 aliphatic rings. The monoisotopic (exact) mass is 434 g/mol. The first-order valence-electron chi connectivity index (χ1n) is 9.18. The molecule has 8 nitrogen and oxygen atoms in total. The first kappa shape index (κ1) is 21.6. The van der Waals surface area contributed by atoms with Crippen molar-refractivity contribution in [2.45, 2.75) is 6.92 Å². The Kier molecular flexibility index (Phi) is 6.68.